The molecule has 4 nitrogen and oxygen atoms in total. The van der Waals surface area contributed by atoms with Crippen LogP contribution in [0.5, 0.6) is 0 Å². The van der Waals surface area contributed by atoms with Crippen molar-refractivity contribution in [3.63, 3.8) is 0 Å². The van der Waals surface area contributed by atoms with Gasteiger partial charge in [0, 0.05) is 5.69 Å². The fraction of sp³-hybridized carbons (Fsp3) is 0.357. The molecule has 0 N–H and O–H groups in total. The zero-order chi connectivity index (χ0) is 13.6. The lowest BCUT2D eigenvalue weighted by Crippen LogP contribution is -2.07. The number of halogens is 1. The summed E-state index contributed by atoms with van der Waals surface area (Å²) in [6, 6.07) is 4.21. The second kappa shape index (κ2) is 4.46. The van der Waals surface area contributed by atoms with Crippen LogP contribution in [-0.2, 0) is 12.8 Å². The normalized spacial score (nSPS) is 13.4. The first-order valence-corrected chi connectivity index (χ1v) is 7.06. The molecule has 0 aliphatic heterocycles. The topological polar surface area (TPSA) is 54.5 Å². The van der Waals surface area contributed by atoms with Gasteiger partial charge in [0.1, 0.15) is 6.07 Å². The zero-order valence-electron chi connectivity index (χ0n) is 10.9. The van der Waals surface area contributed by atoms with Crippen molar-refractivity contribution in [2.24, 2.45) is 0 Å². The van der Waals surface area contributed by atoms with E-state index < -0.39 is 0 Å². The molecule has 3 rings (SSSR count). The molecule has 0 atom stereocenters. The lowest BCUT2D eigenvalue weighted by atomic mass is 10.1. The lowest BCUT2D eigenvalue weighted by Gasteiger charge is -2.08. The predicted molar refractivity (Wildman–Crippen MR) is 75.3 cm³/mol. The fourth-order valence-corrected chi connectivity index (χ4v) is 2.78. The molecule has 2 aromatic rings. The molecular weight excluding hydrogens is 304 g/mol. The van der Waals surface area contributed by atoms with E-state index in [0.29, 0.717) is 11.4 Å². The van der Waals surface area contributed by atoms with Crippen LogP contribution in [0.25, 0.3) is 5.82 Å². The first-order valence-electron chi connectivity index (χ1n) is 6.27. The van der Waals surface area contributed by atoms with Crippen LogP contribution in [0, 0.1) is 25.2 Å². The number of hydrogen-bond acceptors (Lipinski definition) is 3. The number of nitriles is 1. The smallest absolute Gasteiger partial charge is 0.171 e. The van der Waals surface area contributed by atoms with Crippen LogP contribution in [0.3, 0.4) is 0 Å². The van der Waals surface area contributed by atoms with E-state index in [1.54, 1.807) is 4.68 Å². The third-order valence-electron chi connectivity index (χ3n) is 3.55. The summed E-state index contributed by atoms with van der Waals surface area (Å²) in [7, 11) is 0. The largest absolute Gasteiger partial charge is 0.232 e. The van der Waals surface area contributed by atoms with Crippen molar-refractivity contribution >= 4 is 15.9 Å². The Morgan fingerprint density at radius 3 is 2.79 bits per heavy atom. The predicted octanol–water partition coefficient (Wildman–Crippen LogP) is 3.01. The number of hydrogen-bond donors (Lipinski definition) is 0. The maximum absolute atomic E-state index is 9.34. The minimum atomic E-state index is 0.596. The standard InChI is InChI=1S/C14H13BrN4/c1-8-13(15)9(2)19(18-8)14-11(7-16)6-10-4-3-5-12(10)17-14/h6H,3-5H2,1-2H3. The van der Waals surface area contributed by atoms with Gasteiger partial charge in [-0.15, -0.1) is 0 Å². The van der Waals surface area contributed by atoms with Crippen molar-refractivity contribution in [2.75, 3.05) is 0 Å². The third-order valence-corrected chi connectivity index (χ3v) is 4.70. The highest BCUT2D eigenvalue weighted by Gasteiger charge is 2.20. The van der Waals surface area contributed by atoms with Crippen molar-refractivity contribution in [1.82, 2.24) is 14.8 Å². The van der Waals surface area contributed by atoms with Crippen LogP contribution in [0.15, 0.2) is 10.5 Å². The maximum Gasteiger partial charge on any atom is 0.171 e. The lowest BCUT2D eigenvalue weighted by molar-refractivity contribution is 0.793. The molecule has 0 saturated heterocycles. The van der Waals surface area contributed by atoms with Crippen LogP contribution in [0.4, 0.5) is 0 Å². The highest BCUT2D eigenvalue weighted by molar-refractivity contribution is 9.10. The number of aryl methyl sites for hydroxylation is 3. The number of nitrogens with zero attached hydrogens (tertiary/aromatic N) is 4. The van der Waals surface area contributed by atoms with E-state index in [0.717, 1.165) is 40.8 Å². The quantitative estimate of drug-likeness (QED) is 0.812. The van der Waals surface area contributed by atoms with Gasteiger partial charge < -0.3 is 0 Å². The Morgan fingerprint density at radius 2 is 2.16 bits per heavy atom. The molecule has 1 aliphatic rings. The molecule has 0 aromatic carbocycles. The van der Waals surface area contributed by atoms with Gasteiger partial charge >= 0.3 is 0 Å². The molecule has 2 aromatic heterocycles. The van der Waals surface area contributed by atoms with Crippen molar-refractivity contribution < 1.29 is 0 Å². The van der Waals surface area contributed by atoms with Gasteiger partial charge in [0.15, 0.2) is 5.82 Å². The highest BCUT2D eigenvalue weighted by Crippen LogP contribution is 2.27. The molecule has 0 spiro atoms. The van der Waals surface area contributed by atoms with Crippen molar-refractivity contribution in [3.05, 3.63) is 38.7 Å². The highest BCUT2D eigenvalue weighted by atomic mass is 79.9. The molecule has 0 unspecified atom stereocenters. The zero-order valence-corrected chi connectivity index (χ0v) is 12.5. The van der Waals surface area contributed by atoms with Crippen LogP contribution in [0.2, 0.25) is 0 Å². The monoisotopic (exact) mass is 316 g/mol. The van der Waals surface area contributed by atoms with Crippen LogP contribution < -0.4 is 0 Å². The van der Waals surface area contributed by atoms with E-state index in [9.17, 15) is 5.26 Å². The van der Waals surface area contributed by atoms with E-state index in [1.165, 1.54) is 5.56 Å². The first kappa shape index (κ1) is 12.4. The molecule has 0 radical (unpaired) electrons. The molecule has 0 bridgehead atoms. The molecule has 5 heteroatoms. The van der Waals surface area contributed by atoms with Gasteiger partial charge in [0.2, 0.25) is 0 Å². The summed E-state index contributed by atoms with van der Waals surface area (Å²) in [5.74, 6) is 0.648. The summed E-state index contributed by atoms with van der Waals surface area (Å²) in [4.78, 5) is 4.67. The van der Waals surface area contributed by atoms with Gasteiger partial charge in [0.25, 0.3) is 0 Å². The Kier molecular flexibility index (Phi) is 2.90. The summed E-state index contributed by atoms with van der Waals surface area (Å²) >= 11 is 3.51. The Morgan fingerprint density at radius 1 is 1.37 bits per heavy atom. The van der Waals surface area contributed by atoms with Gasteiger partial charge in [-0.1, -0.05) is 0 Å². The minimum absolute atomic E-state index is 0.596. The SMILES string of the molecule is Cc1nn(-c2nc3c(cc2C#N)CCC3)c(C)c1Br. The average Bonchev–Trinajstić information content (AvgIpc) is 2.97. The van der Waals surface area contributed by atoms with E-state index in [2.05, 4.69) is 32.1 Å². The minimum Gasteiger partial charge on any atom is -0.232 e. The molecule has 96 valence electrons. The maximum atomic E-state index is 9.34. The number of rotatable bonds is 1. The molecule has 2 heterocycles. The third kappa shape index (κ3) is 1.87. The fourth-order valence-electron chi connectivity index (χ4n) is 2.53. The number of aromatic nitrogens is 3. The van der Waals surface area contributed by atoms with Crippen LogP contribution >= 0.6 is 15.9 Å². The second-order valence-corrected chi connectivity index (χ2v) is 5.62. The molecule has 19 heavy (non-hydrogen) atoms. The molecule has 1 aliphatic carbocycles. The summed E-state index contributed by atoms with van der Waals surface area (Å²) < 4.78 is 2.73. The van der Waals surface area contributed by atoms with Crippen LogP contribution in [0.1, 0.15) is 34.6 Å². The summed E-state index contributed by atoms with van der Waals surface area (Å²) in [5, 5.41) is 13.8. The van der Waals surface area contributed by atoms with E-state index in [1.807, 2.05) is 19.9 Å². The Labute approximate surface area is 120 Å². The number of fused-ring (bicyclic) bond motifs is 1. The van der Waals surface area contributed by atoms with Crippen molar-refractivity contribution in [1.29, 1.82) is 5.26 Å². The second-order valence-electron chi connectivity index (χ2n) is 4.83. The van der Waals surface area contributed by atoms with E-state index >= 15 is 0 Å². The van der Waals surface area contributed by atoms with Gasteiger partial charge in [-0.25, -0.2) is 9.67 Å². The van der Waals surface area contributed by atoms with Crippen molar-refractivity contribution in [2.45, 2.75) is 33.1 Å². The van der Waals surface area contributed by atoms with Crippen molar-refractivity contribution in [3.8, 4) is 11.9 Å². The Hall–Kier alpha value is -1.67. The van der Waals surface area contributed by atoms with Crippen LogP contribution in [-0.4, -0.2) is 14.8 Å². The van der Waals surface area contributed by atoms with Gasteiger partial charge in [-0.2, -0.15) is 10.4 Å². The molecule has 0 fully saturated rings. The Balaban J connectivity index is 2.25. The molecular formula is C14H13BrN4. The summed E-state index contributed by atoms with van der Waals surface area (Å²) in [6.45, 7) is 3.91. The molecule has 0 amide bonds. The Bertz CT molecular complexity index is 709. The van der Waals surface area contributed by atoms with Gasteiger partial charge in [-0.05, 0) is 60.7 Å². The average molecular weight is 317 g/mol. The summed E-state index contributed by atoms with van der Waals surface area (Å²) in [5.41, 5.74) is 4.79. The van der Waals surface area contributed by atoms with Gasteiger partial charge in [0.05, 0.1) is 21.4 Å². The van der Waals surface area contributed by atoms with E-state index in [-0.39, 0.29) is 0 Å². The van der Waals surface area contributed by atoms with E-state index in [4.69, 9.17) is 0 Å². The van der Waals surface area contributed by atoms with Gasteiger partial charge in [-0.3, -0.25) is 0 Å². The number of pyridine rings is 1. The molecule has 0 saturated carbocycles. The first-order chi connectivity index (χ1) is 9.11. The summed E-state index contributed by atoms with van der Waals surface area (Å²) in [6.07, 6.45) is 3.14.